The second-order valence-electron chi connectivity index (χ2n) is 7.53. The highest BCUT2D eigenvalue weighted by Crippen LogP contribution is 2.31. The molecule has 36 heavy (non-hydrogen) atoms. The van der Waals surface area contributed by atoms with Crippen molar-refractivity contribution in [3.63, 3.8) is 0 Å². The maximum Gasteiger partial charge on any atom is 0.262 e. The topological polar surface area (TPSA) is 71.3 Å². The van der Waals surface area contributed by atoms with Gasteiger partial charge in [0.25, 0.3) is 5.91 Å². The zero-order valence-electron chi connectivity index (χ0n) is 19.0. The van der Waals surface area contributed by atoms with Crippen LogP contribution in [0.4, 0.5) is 22.0 Å². The van der Waals surface area contributed by atoms with Crippen molar-refractivity contribution in [1.29, 1.82) is 5.26 Å². The van der Waals surface area contributed by atoms with Crippen molar-refractivity contribution in [3.05, 3.63) is 99.9 Å². The van der Waals surface area contributed by atoms with Crippen LogP contribution < -0.4 is 14.8 Å². The fourth-order valence-electron chi connectivity index (χ4n) is 3.28. The third-order valence-electron chi connectivity index (χ3n) is 5.17. The molecule has 0 spiro atoms. The molecule has 0 aliphatic heterocycles. The number of methoxy groups -OCH3 is 1. The number of hydrogen-bond acceptors (Lipinski definition) is 4. The predicted octanol–water partition coefficient (Wildman–Crippen LogP) is 5.75. The Balaban J connectivity index is 1.85. The van der Waals surface area contributed by atoms with Gasteiger partial charge in [-0.15, -0.1) is 0 Å². The van der Waals surface area contributed by atoms with E-state index in [1.165, 1.54) is 31.4 Å². The number of benzene rings is 3. The van der Waals surface area contributed by atoms with Crippen LogP contribution >= 0.6 is 0 Å². The molecule has 0 fully saturated rings. The first-order valence-electron chi connectivity index (χ1n) is 10.5. The Morgan fingerprint density at radius 2 is 1.61 bits per heavy atom. The molecule has 10 heteroatoms. The van der Waals surface area contributed by atoms with E-state index in [9.17, 15) is 32.0 Å². The number of rotatable bonds is 8. The van der Waals surface area contributed by atoms with E-state index < -0.39 is 47.3 Å². The average Bonchev–Trinajstić information content (AvgIpc) is 2.89. The summed E-state index contributed by atoms with van der Waals surface area (Å²) < 4.78 is 78.1. The Morgan fingerprint density at radius 1 is 1.00 bits per heavy atom. The Labute approximate surface area is 203 Å². The number of carbonyl (C=O) groups is 1. The lowest BCUT2D eigenvalue weighted by molar-refractivity contribution is -0.117. The molecule has 0 heterocycles. The van der Waals surface area contributed by atoms with Gasteiger partial charge in [-0.2, -0.15) is 14.0 Å². The van der Waals surface area contributed by atoms with Crippen molar-refractivity contribution >= 4 is 12.0 Å². The van der Waals surface area contributed by atoms with Crippen molar-refractivity contribution in [2.45, 2.75) is 19.6 Å². The summed E-state index contributed by atoms with van der Waals surface area (Å²) in [4.78, 5) is 12.6. The summed E-state index contributed by atoms with van der Waals surface area (Å²) in [7, 11) is 1.30. The van der Waals surface area contributed by atoms with E-state index in [0.717, 1.165) is 5.56 Å². The van der Waals surface area contributed by atoms with Crippen LogP contribution in [0.1, 0.15) is 29.7 Å². The van der Waals surface area contributed by atoms with Crippen molar-refractivity contribution in [1.82, 2.24) is 5.32 Å². The van der Waals surface area contributed by atoms with Crippen LogP contribution in [0, 0.1) is 40.4 Å². The molecular formula is C26H19F5N2O3. The molecule has 0 saturated heterocycles. The fraction of sp³-hybridized carbons (Fsp3) is 0.154. The van der Waals surface area contributed by atoms with Crippen molar-refractivity contribution in [2.75, 3.05) is 7.11 Å². The molecule has 0 aliphatic carbocycles. The molecule has 1 amide bonds. The predicted molar refractivity (Wildman–Crippen MR) is 120 cm³/mol. The highest BCUT2D eigenvalue weighted by Gasteiger charge is 2.27. The van der Waals surface area contributed by atoms with E-state index >= 15 is 0 Å². The number of nitrogens with one attached hydrogen (secondary N) is 1. The van der Waals surface area contributed by atoms with Crippen molar-refractivity contribution in [3.8, 4) is 17.6 Å². The summed E-state index contributed by atoms with van der Waals surface area (Å²) in [5, 5.41) is 12.2. The van der Waals surface area contributed by atoms with Gasteiger partial charge in [0.15, 0.2) is 5.75 Å². The first kappa shape index (κ1) is 26.2. The Morgan fingerprint density at radius 3 is 2.19 bits per heavy atom. The highest BCUT2D eigenvalue weighted by atomic mass is 19.2. The zero-order chi connectivity index (χ0) is 26.4. The Hall–Kier alpha value is -4.39. The summed E-state index contributed by atoms with van der Waals surface area (Å²) in [6.07, 6.45) is 1.27. The van der Waals surface area contributed by atoms with E-state index in [1.807, 2.05) is 36.4 Å². The largest absolute Gasteiger partial charge is 0.496 e. The molecule has 0 aliphatic rings. The van der Waals surface area contributed by atoms with Crippen molar-refractivity contribution < 1.29 is 36.2 Å². The third kappa shape index (κ3) is 5.63. The summed E-state index contributed by atoms with van der Waals surface area (Å²) >= 11 is 0. The quantitative estimate of drug-likeness (QED) is 0.140. The van der Waals surface area contributed by atoms with Gasteiger partial charge in [0.05, 0.1) is 13.2 Å². The molecule has 1 N–H and O–H groups in total. The zero-order valence-corrected chi connectivity index (χ0v) is 19.0. The van der Waals surface area contributed by atoms with Gasteiger partial charge < -0.3 is 14.8 Å². The minimum Gasteiger partial charge on any atom is -0.496 e. The first-order chi connectivity index (χ1) is 17.2. The number of hydrogen-bond donors (Lipinski definition) is 1. The normalized spacial score (nSPS) is 12.0. The van der Waals surface area contributed by atoms with Crippen LogP contribution in [0.2, 0.25) is 0 Å². The van der Waals surface area contributed by atoms with Gasteiger partial charge in [0.2, 0.25) is 29.1 Å². The highest BCUT2D eigenvalue weighted by molar-refractivity contribution is 6.01. The lowest BCUT2D eigenvalue weighted by Gasteiger charge is -2.14. The minimum absolute atomic E-state index is 0.158. The van der Waals surface area contributed by atoms with Crippen molar-refractivity contribution in [2.24, 2.45) is 0 Å². The molecule has 5 nitrogen and oxygen atoms in total. The molecule has 3 aromatic carbocycles. The second-order valence-corrected chi connectivity index (χ2v) is 7.53. The third-order valence-corrected chi connectivity index (χ3v) is 5.17. The van der Waals surface area contributed by atoms with Crippen LogP contribution in [0.5, 0.6) is 11.5 Å². The summed E-state index contributed by atoms with van der Waals surface area (Å²) in [5.74, 6) is -12.7. The standard InChI is InChI=1S/C26H19F5N2O3/c1-14(16-6-4-3-5-7-16)33-26(34)17(12-32)10-15-8-9-19(35-2)18(11-15)13-36-25-23(30)21(28)20(27)22(29)24(25)31/h3-11,14H,13H2,1-2H3,(H,33,34)/b17-10+/t14-/m1/s1. The molecule has 3 rings (SSSR count). The number of nitrogens with zero attached hydrogens (tertiary/aromatic N) is 1. The lowest BCUT2D eigenvalue weighted by Crippen LogP contribution is -2.27. The number of ether oxygens (including phenoxy) is 2. The minimum atomic E-state index is -2.30. The first-order valence-corrected chi connectivity index (χ1v) is 10.5. The van der Waals surface area contributed by atoms with Gasteiger partial charge in [-0.3, -0.25) is 4.79 Å². The Bertz CT molecular complexity index is 1320. The van der Waals surface area contributed by atoms with Gasteiger partial charge in [0.1, 0.15) is 24.0 Å². The Kier molecular flexibility index (Phi) is 8.27. The van der Waals surface area contributed by atoms with E-state index in [2.05, 4.69) is 5.32 Å². The van der Waals surface area contributed by atoms with Crippen LogP contribution in [-0.4, -0.2) is 13.0 Å². The summed E-state index contributed by atoms with van der Waals surface area (Å²) in [5.41, 5.74) is 1.09. The van der Waals surface area contributed by atoms with Gasteiger partial charge in [-0.05, 0) is 36.3 Å². The lowest BCUT2D eigenvalue weighted by atomic mass is 10.1. The monoisotopic (exact) mass is 502 g/mol. The smallest absolute Gasteiger partial charge is 0.262 e. The van der Waals surface area contributed by atoms with Gasteiger partial charge >= 0.3 is 0 Å². The number of amides is 1. The molecule has 0 bridgehead atoms. The second kappa shape index (κ2) is 11.4. The maximum absolute atomic E-state index is 13.9. The molecule has 0 saturated carbocycles. The van der Waals surface area contributed by atoms with Crippen LogP contribution in [-0.2, 0) is 11.4 Å². The fourth-order valence-corrected chi connectivity index (χ4v) is 3.28. The number of carbonyl (C=O) groups excluding carboxylic acids is 1. The van der Waals surface area contributed by atoms with E-state index in [4.69, 9.17) is 9.47 Å². The van der Waals surface area contributed by atoms with Crippen LogP contribution in [0.15, 0.2) is 54.1 Å². The van der Waals surface area contributed by atoms with E-state index in [-0.39, 0.29) is 22.9 Å². The van der Waals surface area contributed by atoms with Gasteiger partial charge in [0, 0.05) is 5.56 Å². The van der Waals surface area contributed by atoms with Gasteiger partial charge in [-0.1, -0.05) is 36.4 Å². The molecule has 0 radical (unpaired) electrons. The maximum atomic E-state index is 13.9. The summed E-state index contributed by atoms with van der Waals surface area (Å²) in [6.45, 7) is 1.12. The number of halogens is 5. The molecular weight excluding hydrogens is 483 g/mol. The van der Waals surface area contributed by atoms with E-state index in [0.29, 0.717) is 5.56 Å². The SMILES string of the molecule is COc1ccc(/C=C(\C#N)C(=O)N[C@H](C)c2ccccc2)cc1COc1c(F)c(F)c(F)c(F)c1F. The average molecular weight is 502 g/mol. The summed E-state index contributed by atoms with van der Waals surface area (Å²) in [6, 6.07) is 14.9. The van der Waals surface area contributed by atoms with Gasteiger partial charge in [-0.25, -0.2) is 13.2 Å². The number of nitriles is 1. The van der Waals surface area contributed by atoms with E-state index in [1.54, 1.807) is 6.92 Å². The molecule has 1 atom stereocenters. The molecule has 3 aromatic rings. The molecule has 186 valence electrons. The van der Waals surface area contributed by atoms with Crippen LogP contribution in [0.25, 0.3) is 6.08 Å². The molecule has 0 unspecified atom stereocenters. The molecule has 0 aromatic heterocycles. The van der Waals surface area contributed by atoms with Crippen LogP contribution in [0.3, 0.4) is 0 Å².